The zero-order chi connectivity index (χ0) is 19.7. The van der Waals surface area contributed by atoms with Crippen LogP contribution < -0.4 is 10.5 Å². The molecule has 1 aliphatic heterocycles. The zero-order valence-corrected chi connectivity index (χ0v) is 15.9. The fourth-order valence-electron chi connectivity index (χ4n) is 3.65. The van der Waals surface area contributed by atoms with Crippen molar-refractivity contribution in [2.24, 2.45) is 0 Å². The van der Waals surface area contributed by atoms with E-state index in [9.17, 15) is 4.79 Å². The van der Waals surface area contributed by atoms with E-state index in [0.29, 0.717) is 11.4 Å². The predicted molar refractivity (Wildman–Crippen MR) is 105 cm³/mol. The average Bonchev–Trinajstić information content (AvgIpc) is 3.06. The highest BCUT2D eigenvalue weighted by atomic mass is 16.1. The number of hydrogen-bond acceptors (Lipinski definition) is 6. The molecule has 142 valence electrons. The van der Waals surface area contributed by atoms with Crippen molar-refractivity contribution in [2.45, 2.75) is 32.7 Å². The molecule has 0 radical (unpaired) electrons. The molecule has 0 spiro atoms. The summed E-state index contributed by atoms with van der Waals surface area (Å²) < 4.78 is 3.35. The Bertz CT molecular complexity index is 1100. The van der Waals surface area contributed by atoms with Crippen molar-refractivity contribution in [3.63, 3.8) is 0 Å². The molecule has 3 aromatic rings. The number of nitriles is 1. The highest BCUT2D eigenvalue weighted by Crippen LogP contribution is 2.24. The molecule has 1 aliphatic rings. The fourth-order valence-corrected chi connectivity index (χ4v) is 3.65. The van der Waals surface area contributed by atoms with Gasteiger partial charge >= 0.3 is 0 Å². The first-order chi connectivity index (χ1) is 13.5. The molecule has 8 nitrogen and oxygen atoms in total. The van der Waals surface area contributed by atoms with Gasteiger partial charge in [0, 0.05) is 31.0 Å². The maximum atomic E-state index is 12.4. The van der Waals surface area contributed by atoms with Crippen LogP contribution in [0.5, 0.6) is 0 Å². The van der Waals surface area contributed by atoms with Crippen molar-refractivity contribution in [3.05, 3.63) is 63.8 Å². The number of aromatic nitrogens is 5. The van der Waals surface area contributed by atoms with Gasteiger partial charge < -0.3 is 4.90 Å². The lowest BCUT2D eigenvalue weighted by molar-refractivity contribution is 0.350. The van der Waals surface area contributed by atoms with Crippen molar-refractivity contribution >= 4 is 5.82 Å². The lowest BCUT2D eigenvalue weighted by Crippen LogP contribution is -2.39. The third-order valence-electron chi connectivity index (χ3n) is 5.05. The van der Waals surface area contributed by atoms with Crippen LogP contribution in [0, 0.1) is 25.2 Å². The Morgan fingerprint density at radius 1 is 1.07 bits per heavy atom. The summed E-state index contributed by atoms with van der Waals surface area (Å²) in [4.78, 5) is 19.0. The maximum Gasteiger partial charge on any atom is 0.267 e. The van der Waals surface area contributed by atoms with Crippen molar-refractivity contribution in [1.29, 1.82) is 5.26 Å². The molecule has 0 amide bonds. The zero-order valence-electron chi connectivity index (χ0n) is 15.9. The Balaban J connectivity index is 1.55. The molecule has 28 heavy (non-hydrogen) atoms. The van der Waals surface area contributed by atoms with Gasteiger partial charge in [-0.3, -0.25) is 4.79 Å². The van der Waals surface area contributed by atoms with Gasteiger partial charge in [0.05, 0.1) is 23.4 Å². The summed E-state index contributed by atoms with van der Waals surface area (Å²) in [5.74, 6) is 1.45. The van der Waals surface area contributed by atoms with E-state index in [1.54, 1.807) is 39.8 Å². The molecule has 0 aliphatic carbocycles. The molecule has 0 bridgehead atoms. The standard InChI is InChI=1S/C20H21N7O/c1-14-11-15(2)26(23-14)18-3-4-20(28)27(24-18)17-6-9-25(10-7-17)19-12-16(13-21)5-8-22-19/h3-5,8,11-12,17H,6-7,9-10H2,1-2H3. The molecule has 4 rings (SSSR count). The molecule has 0 atom stereocenters. The second-order valence-electron chi connectivity index (χ2n) is 7.05. The number of hydrogen-bond donors (Lipinski definition) is 0. The lowest BCUT2D eigenvalue weighted by atomic mass is 10.0. The van der Waals surface area contributed by atoms with Crippen molar-refractivity contribution in [2.75, 3.05) is 18.0 Å². The van der Waals surface area contributed by atoms with Crippen molar-refractivity contribution in [3.8, 4) is 11.9 Å². The first-order valence-corrected chi connectivity index (χ1v) is 9.30. The van der Waals surface area contributed by atoms with Crippen LogP contribution in [0.3, 0.4) is 0 Å². The summed E-state index contributed by atoms with van der Waals surface area (Å²) in [5, 5.41) is 18.1. The molecule has 4 heterocycles. The molecule has 0 unspecified atom stereocenters. The van der Waals surface area contributed by atoms with Gasteiger partial charge in [0.1, 0.15) is 5.82 Å². The highest BCUT2D eigenvalue weighted by molar-refractivity contribution is 5.45. The molecule has 1 saturated heterocycles. The Hall–Kier alpha value is -3.47. The minimum atomic E-state index is -0.103. The average molecular weight is 375 g/mol. The van der Waals surface area contributed by atoms with Gasteiger partial charge in [-0.2, -0.15) is 10.4 Å². The monoisotopic (exact) mass is 375 g/mol. The van der Waals surface area contributed by atoms with E-state index >= 15 is 0 Å². The van der Waals surface area contributed by atoms with E-state index in [4.69, 9.17) is 5.26 Å². The molecule has 8 heteroatoms. The number of nitrogens with zero attached hydrogens (tertiary/aromatic N) is 7. The third kappa shape index (κ3) is 3.39. The molecule has 0 aromatic carbocycles. The topological polar surface area (TPSA) is 92.6 Å². The molecular weight excluding hydrogens is 354 g/mol. The lowest BCUT2D eigenvalue weighted by Gasteiger charge is -2.33. The second kappa shape index (κ2) is 7.27. The van der Waals surface area contributed by atoms with E-state index in [0.717, 1.165) is 43.1 Å². The molecule has 0 N–H and O–H groups in total. The molecule has 1 fully saturated rings. The first-order valence-electron chi connectivity index (χ1n) is 9.30. The number of piperidine rings is 1. The van der Waals surface area contributed by atoms with E-state index in [-0.39, 0.29) is 11.6 Å². The summed E-state index contributed by atoms with van der Waals surface area (Å²) in [5.41, 5.74) is 2.39. The van der Waals surface area contributed by atoms with Crippen LogP contribution in [0.15, 0.2) is 41.3 Å². The quantitative estimate of drug-likeness (QED) is 0.696. The minimum Gasteiger partial charge on any atom is -0.356 e. The van der Waals surface area contributed by atoms with Gasteiger partial charge in [-0.25, -0.2) is 14.3 Å². The van der Waals surface area contributed by atoms with Crippen LogP contribution in [0.2, 0.25) is 0 Å². The van der Waals surface area contributed by atoms with Crippen LogP contribution in [0.1, 0.15) is 35.8 Å². The summed E-state index contributed by atoms with van der Waals surface area (Å²) >= 11 is 0. The van der Waals surface area contributed by atoms with Gasteiger partial charge in [-0.15, -0.1) is 5.10 Å². The molecular formula is C20H21N7O. The predicted octanol–water partition coefficient (Wildman–Crippen LogP) is 2.15. The van der Waals surface area contributed by atoms with E-state index in [1.807, 2.05) is 19.9 Å². The number of aryl methyl sites for hydroxylation is 2. The SMILES string of the molecule is Cc1cc(C)n(-c2ccc(=O)n(C3CCN(c4cc(C#N)ccn4)CC3)n2)n1. The van der Waals surface area contributed by atoms with Gasteiger partial charge in [0.25, 0.3) is 5.56 Å². The van der Waals surface area contributed by atoms with Gasteiger partial charge in [0.2, 0.25) is 0 Å². The van der Waals surface area contributed by atoms with Gasteiger partial charge in [0.15, 0.2) is 5.82 Å². The molecule has 0 saturated carbocycles. The second-order valence-corrected chi connectivity index (χ2v) is 7.05. The highest BCUT2D eigenvalue weighted by Gasteiger charge is 2.23. The maximum absolute atomic E-state index is 12.4. The summed E-state index contributed by atoms with van der Waals surface area (Å²) in [6.45, 7) is 5.41. The number of anilines is 1. The Morgan fingerprint density at radius 3 is 2.54 bits per heavy atom. The summed E-state index contributed by atoms with van der Waals surface area (Å²) in [6.07, 6.45) is 3.22. The smallest absolute Gasteiger partial charge is 0.267 e. The first kappa shape index (κ1) is 17.9. The summed E-state index contributed by atoms with van der Waals surface area (Å²) in [7, 11) is 0. The van der Waals surface area contributed by atoms with Crippen molar-refractivity contribution < 1.29 is 0 Å². The van der Waals surface area contributed by atoms with E-state index in [2.05, 4.69) is 26.2 Å². The Labute approximate surface area is 162 Å². The van der Waals surface area contributed by atoms with Crippen LogP contribution in [-0.4, -0.2) is 37.6 Å². The molecule has 3 aromatic heterocycles. The van der Waals surface area contributed by atoms with Crippen LogP contribution in [0.25, 0.3) is 5.82 Å². The van der Waals surface area contributed by atoms with Crippen molar-refractivity contribution in [1.82, 2.24) is 24.5 Å². The van der Waals surface area contributed by atoms with E-state index < -0.39 is 0 Å². The van der Waals surface area contributed by atoms with Gasteiger partial charge in [-0.1, -0.05) is 0 Å². The normalized spacial score (nSPS) is 14.8. The minimum absolute atomic E-state index is 0.0276. The van der Waals surface area contributed by atoms with Crippen LogP contribution >= 0.6 is 0 Å². The van der Waals surface area contributed by atoms with Crippen LogP contribution in [-0.2, 0) is 0 Å². The van der Waals surface area contributed by atoms with E-state index in [1.165, 1.54) is 0 Å². The van der Waals surface area contributed by atoms with Crippen LogP contribution in [0.4, 0.5) is 5.82 Å². The number of pyridine rings is 1. The number of rotatable bonds is 3. The Morgan fingerprint density at radius 2 is 1.86 bits per heavy atom. The Kier molecular flexibility index (Phi) is 4.65. The third-order valence-corrected chi connectivity index (χ3v) is 5.05. The van der Waals surface area contributed by atoms with Gasteiger partial charge in [-0.05, 0) is 51.0 Å². The fraction of sp³-hybridized carbons (Fsp3) is 0.350. The largest absolute Gasteiger partial charge is 0.356 e. The summed E-state index contributed by atoms with van der Waals surface area (Å²) in [6, 6.07) is 10.9.